The summed E-state index contributed by atoms with van der Waals surface area (Å²) < 4.78 is 1.77. The predicted octanol–water partition coefficient (Wildman–Crippen LogP) is 2.46. The van der Waals surface area contributed by atoms with E-state index in [-0.39, 0.29) is 24.0 Å². The fourth-order valence-electron chi connectivity index (χ4n) is 2.85. The molecule has 0 bridgehead atoms. The molecule has 6 nitrogen and oxygen atoms in total. The Labute approximate surface area is 150 Å². The summed E-state index contributed by atoms with van der Waals surface area (Å²) in [5, 5.41) is 10.8. The van der Waals surface area contributed by atoms with Gasteiger partial charge in [-0.15, -0.1) is 24.0 Å². The van der Waals surface area contributed by atoms with E-state index >= 15 is 0 Å². The maximum atomic E-state index is 4.28. The van der Waals surface area contributed by atoms with Gasteiger partial charge < -0.3 is 10.6 Å². The van der Waals surface area contributed by atoms with Crippen LogP contribution in [0, 0.1) is 5.92 Å². The fraction of sp³-hybridized carbons (Fsp3) is 0.800. The Morgan fingerprint density at radius 2 is 1.91 bits per heavy atom. The van der Waals surface area contributed by atoms with Crippen LogP contribution in [0.4, 0.5) is 0 Å². The van der Waals surface area contributed by atoms with Crippen LogP contribution in [0.2, 0.25) is 0 Å². The second-order valence-electron chi connectivity index (χ2n) is 5.82. The molecule has 0 unspecified atom stereocenters. The van der Waals surface area contributed by atoms with E-state index in [0.29, 0.717) is 6.54 Å². The van der Waals surface area contributed by atoms with E-state index in [1.54, 1.807) is 11.0 Å². The number of rotatable bonds is 4. The summed E-state index contributed by atoms with van der Waals surface area (Å²) in [4.78, 5) is 8.48. The van der Waals surface area contributed by atoms with Gasteiger partial charge in [0.2, 0.25) is 0 Å². The Bertz CT molecular complexity index is 437. The molecule has 7 heteroatoms. The maximum Gasteiger partial charge on any atom is 0.191 e. The lowest BCUT2D eigenvalue weighted by molar-refractivity contribution is 0.375. The number of aromatic nitrogens is 3. The van der Waals surface area contributed by atoms with Gasteiger partial charge in [-0.3, -0.25) is 9.67 Å². The third-order valence-corrected chi connectivity index (χ3v) is 4.23. The summed E-state index contributed by atoms with van der Waals surface area (Å²) in [7, 11) is 3.71. The Balaban J connectivity index is 0.00000242. The number of nitrogens with one attached hydrogen (secondary N) is 2. The molecule has 0 saturated heterocycles. The van der Waals surface area contributed by atoms with Gasteiger partial charge in [-0.25, -0.2) is 4.98 Å². The van der Waals surface area contributed by atoms with Crippen LogP contribution in [-0.4, -0.2) is 34.3 Å². The fourth-order valence-corrected chi connectivity index (χ4v) is 2.85. The molecule has 1 saturated carbocycles. The molecule has 0 spiro atoms. The van der Waals surface area contributed by atoms with Crippen LogP contribution >= 0.6 is 24.0 Å². The van der Waals surface area contributed by atoms with Gasteiger partial charge in [0.25, 0.3) is 0 Å². The topological polar surface area (TPSA) is 67.1 Å². The van der Waals surface area contributed by atoms with Crippen molar-refractivity contribution in [1.29, 1.82) is 0 Å². The van der Waals surface area contributed by atoms with Gasteiger partial charge in [0, 0.05) is 20.6 Å². The van der Waals surface area contributed by atoms with Gasteiger partial charge in [0.15, 0.2) is 5.96 Å². The van der Waals surface area contributed by atoms with Crippen molar-refractivity contribution < 1.29 is 0 Å². The van der Waals surface area contributed by atoms with Crippen molar-refractivity contribution in [3.05, 3.63) is 12.2 Å². The van der Waals surface area contributed by atoms with Crippen LogP contribution in [0.5, 0.6) is 0 Å². The normalized spacial score (nSPS) is 17.3. The smallest absolute Gasteiger partial charge is 0.191 e. The van der Waals surface area contributed by atoms with Crippen LogP contribution in [0.1, 0.15) is 50.8 Å². The van der Waals surface area contributed by atoms with Crippen molar-refractivity contribution in [2.45, 2.75) is 51.5 Å². The molecule has 22 heavy (non-hydrogen) atoms. The lowest BCUT2D eigenvalue weighted by Gasteiger charge is -2.21. The summed E-state index contributed by atoms with van der Waals surface area (Å²) in [6, 6.07) is 0. The van der Waals surface area contributed by atoms with Crippen LogP contribution in [0.25, 0.3) is 0 Å². The third kappa shape index (κ3) is 6.50. The number of halogens is 1. The minimum atomic E-state index is 0. The van der Waals surface area contributed by atoms with Crippen molar-refractivity contribution in [3.8, 4) is 0 Å². The van der Waals surface area contributed by atoms with Crippen LogP contribution in [0.3, 0.4) is 0 Å². The highest BCUT2D eigenvalue weighted by molar-refractivity contribution is 14.0. The molecule has 0 amide bonds. The SMILES string of the molecule is CN=C(NCc1ncnn1C)NCC1CCCCCCC1.I. The molecule has 1 aliphatic carbocycles. The molecular formula is C15H29IN6. The highest BCUT2D eigenvalue weighted by atomic mass is 127. The van der Waals surface area contributed by atoms with Crippen molar-refractivity contribution >= 4 is 29.9 Å². The predicted molar refractivity (Wildman–Crippen MR) is 100 cm³/mol. The van der Waals surface area contributed by atoms with Gasteiger partial charge >= 0.3 is 0 Å². The van der Waals surface area contributed by atoms with Gasteiger partial charge in [-0.2, -0.15) is 5.10 Å². The molecule has 2 rings (SSSR count). The second-order valence-corrected chi connectivity index (χ2v) is 5.82. The Kier molecular flexibility index (Phi) is 9.42. The molecule has 0 aromatic carbocycles. The largest absolute Gasteiger partial charge is 0.356 e. The highest BCUT2D eigenvalue weighted by Crippen LogP contribution is 2.21. The molecule has 0 radical (unpaired) electrons. The first-order valence-electron chi connectivity index (χ1n) is 8.07. The first kappa shape index (κ1) is 19.2. The third-order valence-electron chi connectivity index (χ3n) is 4.23. The first-order chi connectivity index (χ1) is 10.3. The van der Waals surface area contributed by atoms with E-state index < -0.39 is 0 Å². The lowest BCUT2D eigenvalue weighted by Crippen LogP contribution is -2.40. The zero-order chi connectivity index (χ0) is 14.9. The lowest BCUT2D eigenvalue weighted by atomic mass is 9.91. The van der Waals surface area contributed by atoms with E-state index in [2.05, 4.69) is 25.7 Å². The molecule has 1 aliphatic rings. The standard InChI is InChI=1S/C15H28N6.HI/c1-16-15(18-11-14-19-12-20-21(14)2)17-10-13-8-6-4-3-5-7-9-13;/h12-13H,3-11H2,1-2H3,(H2,16,17,18);1H. The first-order valence-corrected chi connectivity index (χ1v) is 8.07. The Morgan fingerprint density at radius 1 is 1.23 bits per heavy atom. The molecule has 0 atom stereocenters. The van der Waals surface area contributed by atoms with Crippen molar-refractivity contribution in [1.82, 2.24) is 25.4 Å². The molecule has 1 aromatic heterocycles. The minimum absolute atomic E-state index is 0. The maximum absolute atomic E-state index is 4.28. The van der Waals surface area contributed by atoms with Gasteiger partial charge in [-0.05, 0) is 18.8 Å². The minimum Gasteiger partial charge on any atom is -0.356 e. The summed E-state index contributed by atoms with van der Waals surface area (Å²) in [5.41, 5.74) is 0. The second kappa shape index (κ2) is 10.8. The number of aliphatic imine (C=N–C) groups is 1. The number of nitrogens with zero attached hydrogens (tertiary/aromatic N) is 4. The van der Waals surface area contributed by atoms with E-state index in [1.165, 1.54) is 44.9 Å². The molecular weight excluding hydrogens is 391 g/mol. The zero-order valence-electron chi connectivity index (χ0n) is 13.7. The molecule has 1 fully saturated rings. The molecule has 126 valence electrons. The highest BCUT2D eigenvalue weighted by Gasteiger charge is 2.12. The number of hydrogen-bond acceptors (Lipinski definition) is 3. The van der Waals surface area contributed by atoms with Crippen LogP contribution < -0.4 is 10.6 Å². The summed E-state index contributed by atoms with van der Waals surface area (Å²) >= 11 is 0. The summed E-state index contributed by atoms with van der Waals surface area (Å²) in [6.07, 6.45) is 11.2. The van der Waals surface area contributed by atoms with Crippen molar-refractivity contribution in [3.63, 3.8) is 0 Å². The molecule has 2 N–H and O–H groups in total. The van der Waals surface area contributed by atoms with Gasteiger partial charge in [-0.1, -0.05) is 32.1 Å². The summed E-state index contributed by atoms with van der Waals surface area (Å²) in [6.45, 7) is 1.65. The average molecular weight is 420 g/mol. The van der Waals surface area contributed by atoms with Gasteiger partial charge in [0.05, 0.1) is 6.54 Å². The van der Waals surface area contributed by atoms with E-state index in [1.807, 2.05) is 14.1 Å². The van der Waals surface area contributed by atoms with Crippen molar-refractivity contribution in [2.24, 2.45) is 18.0 Å². The van der Waals surface area contributed by atoms with E-state index in [0.717, 1.165) is 24.2 Å². The number of guanidine groups is 1. The number of aryl methyl sites for hydroxylation is 1. The average Bonchev–Trinajstić information content (AvgIpc) is 2.86. The van der Waals surface area contributed by atoms with E-state index in [4.69, 9.17) is 0 Å². The molecule has 1 aromatic rings. The van der Waals surface area contributed by atoms with Crippen molar-refractivity contribution in [2.75, 3.05) is 13.6 Å². The number of hydrogen-bond donors (Lipinski definition) is 2. The molecule has 1 heterocycles. The summed E-state index contributed by atoms with van der Waals surface area (Å²) in [5.74, 6) is 2.53. The van der Waals surface area contributed by atoms with Gasteiger partial charge in [0.1, 0.15) is 12.2 Å². The quantitative estimate of drug-likeness (QED) is 0.446. The van der Waals surface area contributed by atoms with Crippen LogP contribution in [-0.2, 0) is 13.6 Å². The Morgan fingerprint density at radius 3 is 2.50 bits per heavy atom. The molecule has 0 aliphatic heterocycles. The van der Waals surface area contributed by atoms with Crippen LogP contribution in [0.15, 0.2) is 11.3 Å². The zero-order valence-corrected chi connectivity index (χ0v) is 16.0. The van der Waals surface area contributed by atoms with E-state index in [9.17, 15) is 0 Å². The monoisotopic (exact) mass is 420 g/mol. The Hall–Kier alpha value is -0.860.